The minimum absolute atomic E-state index is 0.0598. The Bertz CT molecular complexity index is 638. The molecule has 1 aromatic carbocycles. The third-order valence-corrected chi connectivity index (χ3v) is 4.54. The maximum Gasteiger partial charge on any atom is 0.240 e. The van der Waals surface area contributed by atoms with Crippen LogP contribution in [-0.2, 0) is 16.0 Å². The van der Waals surface area contributed by atoms with Crippen molar-refractivity contribution in [3.05, 3.63) is 29.8 Å². The Labute approximate surface area is 133 Å². The average molecular weight is 320 g/mol. The van der Waals surface area contributed by atoms with Crippen LogP contribution in [0.3, 0.4) is 0 Å². The molecule has 0 radical (unpaired) electrons. The number of hydrogen-bond donors (Lipinski definition) is 1. The third-order valence-electron chi connectivity index (χ3n) is 3.60. The Morgan fingerprint density at radius 3 is 2.86 bits per heavy atom. The number of carbonyl (C=O) groups is 1. The van der Waals surface area contributed by atoms with Gasteiger partial charge >= 0.3 is 0 Å². The lowest BCUT2D eigenvalue weighted by atomic mass is 9.96. The first-order valence-electron chi connectivity index (χ1n) is 6.99. The highest BCUT2D eigenvalue weighted by Gasteiger charge is 2.19. The lowest BCUT2D eigenvalue weighted by molar-refractivity contribution is -0.121. The molecule has 1 aromatic rings. The van der Waals surface area contributed by atoms with Crippen molar-refractivity contribution >= 4 is 28.4 Å². The summed E-state index contributed by atoms with van der Waals surface area (Å²) in [4.78, 5) is 11.9. The van der Waals surface area contributed by atoms with Crippen molar-refractivity contribution in [2.75, 3.05) is 13.4 Å². The van der Waals surface area contributed by atoms with Crippen LogP contribution in [0.2, 0.25) is 0 Å². The first-order chi connectivity index (χ1) is 10.4. The van der Waals surface area contributed by atoms with Gasteiger partial charge in [-0.3, -0.25) is 4.79 Å². The Morgan fingerprint density at radius 2 is 2.27 bits per heavy atom. The largest absolute Gasteiger partial charge is 0.612 e. The summed E-state index contributed by atoms with van der Waals surface area (Å²) in [6, 6.07) is 5.61. The first kappa shape index (κ1) is 16.6. The number of allylic oxidation sites excluding steroid dienone is 2. The molecule has 0 aliphatic carbocycles. The van der Waals surface area contributed by atoms with Crippen molar-refractivity contribution in [2.45, 2.75) is 25.2 Å². The van der Waals surface area contributed by atoms with E-state index in [1.807, 2.05) is 38.1 Å². The number of methoxy groups -OCH3 is 1. The van der Waals surface area contributed by atoms with Crippen LogP contribution < -0.4 is 10.2 Å². The fourth-order valence-corrected chi connectivity index (χ4v) is 3.02. The SMILES string of the molecule is COc1ccc(C(C)=CC2=NNC(=O)CC2C)cc1[S+](C)[O-]. The van der Waals surface area contributed by atoms with E-state index in [0.29, 0.717) is 17.1 Å². The summed E-state index contributed by atoms with van der Waals surface area (Å²) in [7, 11) is 1.56. The van der Waals surface area contributed by atoms with E-state index in [2.05, 4.69) is 10.5 Å². The van der Waals surface area contributed by atoms with Crippen LogP contribution in [-0.4, -0.2) is 29.5 Å². The fraction of sp³-hybridized carbons (Fsp3) is 0.375. The quantitative estimate of drug-likeness (QED) is 0.865. The summed E-state index contributed by atoms with van der Waals surface area (Å²) < 4.78 is 17.1. The van der Waals surface area contributed by atoms with Crippen molar-refractivity contribution in [3.8, 4) is 5.75 Å². The van der Waals surface area contributed by atoms with E-state index in [1.165, 1.54) is 0 Å². The van der Waals surface area contributed by atoms with Crippen LogP contribution in [0.5, 0.6) is 5.75 Å². The van der Waals surface area contributed by atoms with Crippen LogP contribution in [0.25, 0.3) is 5.57 Å². The highest BCUT2D eigenvalue weighted by atomic mass is 32.2. The number of rotatable bonds is 4. The predicted molar refractivity (Wildman–Crippen MR) is 88.3 cm³/mol. The highest BCUT2D eigenvalue weighted by Crippen LogP contribution is 2.28. The number of hydrazone groups is 1. The second-order valence-electron chi connectivity index (χ2n) is 5.32. The van der Waals surface area contributed by atoms with Crippen LogP contribution in [0.1, 0.15) is 25.8 Å². The zero-order valence-corrected chi connectivity index (χ0v) is 14.0. The summed E-state index contributed by atoms with van der Waals surface area (Å²) in [5, 5.41) is 4.10. The number of benzene rings is 1. The highest BCUT2D eigenvalue weighted by molar-refractivity contribution is 7.90. The molecule has 2 unspecified atom stereocenters. The van der Waals surface area contributed by atoms with Gasteiger partial charge in [-0.2, -0.15) is 5.10 Å². The number of carbonyl (C=O) groups excluding carboxylic acids is 1. The molecule has 1 aliphatic heterocycles. The number of nitrogens with one attached hydrogen (secondary N) is 1. The van der Waals surface area contributed by atoms with E-state index in [1.54, 1.807) is 13.4 Å². The van der Waals surface area contributed by atoms with Crippen LogP contribution in [0.4, 0.5) is 0 Å². The summed E-state index contributed by atoms with van der Waals surface area (Å²) in [6.07, 6.45) is 4.02. The Balaban J connectivity index is 2.33. The summed E-state index contributed by atoms with van der Waals surface area (Å²) in [5.41, 5.74) is 5.30. The number of nitrogens with zero attached hydrogens (tertiary/aromatic N) is 1. The molecule has 0 aromatic heterocycles. The molecule has 0 spiro atoms. The zero-order valence-electron chi connectivity index (χ0n) is 13.2. The second-order valence-corrected chi connectivity index (χ2v) is 6.67. The third kappa shape index (κ3) is 3.69. The molecular weight excluding hydrogens is 300 g/mol. The fourth-order valence-electron chi connectivity index (χ4n) is 2.29. The Kier molecular flexibility index (Phi) is 5.26. The van der Waals surface area contributed by atoms with Gasteiger partial charge in [0.05, 0.1) is 12.8 Å². The molecule has 1 heterocycles. The van der Waals surface area contributed by atoms with Gasteiger partial charge in [0, 0.05) is 18.4 Å². The smallest absolute Gasteiger partial charge is 0.240 e. The summed E-state index contributed by atoms with van der Waals surface area (Å²) in [6.45, 7) is 3.94. The van der Waals surface area contributed by atoms with Gasteiger partial charge in [-0.1, -0.05) is 13.0 Å². The van der Waals surface area contributed by atoms with Gasteiger partial charge in [0.15, 0.2) is 10.6 Å². The molecule has 0 saturated heterocycles. The minimum atomic E-state index is -1.13. The topological polar surface area (TPSA) is 73.8 Å². The van der Waals surface area contributed by atoms with Crippen molar-refractivity contribution in [1.29, 1.82) is 0 Å². The van der Waals surface area contributed by atoms with Gasteiger partial charge in [0.25, 0.3) is 0 Å². The Hall–Kier alpha value is -1.79. The molecular formula is C16H20N2O3S. The van der Waals surface area contributed by atoms with Gasteiger partial charge in [0.1, 0.15) is 6.26 Å². The molecule has 0 bridgehead atoms. The van der Waals surface area contributed by atoms with Crippen molar-refractivity contribution < 1.29 is 14.1 Å². The number of ether oxygens (including phenoxy) is 1. The maximum atomic E-state index is 11.8. The van der Waals surface area contributed by atoms with Crippen LogP contribution in [0.15, 0.2) is 34.3 Å². The van der Waals surface area contributed by atoms with Crippen LogP contribution >= 0.6 is 0 Å². The van der Waals surface area contributed by atoms with E-state index in [9.17, 15) is 9.35 Å². The monoisotopic (exact) mass is 320 g/mol. The minimum Gasteiger partial charge on any atom is -0.612 e. The van der Waals surface area contributed by atoms with E-state index < -0.39 is 11.2 Å². The summed E-state index contributed by atoms with van der Waals surface area (Å²) >= 11 is -1.13. The van der Waals surface area contributed by atoms with E-state index in [-0.39, 0.29) is 11.8 Å². The molecule has 5 nitrogen and oxygen atoms in total. The zero-order chi connectivity index (χ0) is 16.3. The molecule has 1 N–H and O–H groups in total. The molecule has 22 heavy (non-hydrogen) atoms. The Morgan fingerprint density at radius 1 is 1.55 bits per heavy atom. The molecule has 118 valence electrons. The van der Waals surface area contributed by atoms with Crippen LogP contribution in [0, 0.1) is 5.92 Å². The molecule has 0 fully saturated rings. The standard InChI is InChI=1S/C16H20N2O3S/c1-10(7-13-11(2)8-16(19)18-17-13)12-5-6-14(21-3)15(9-12)22(4)20/h5-7,9,11H,8H2,1-4H3,(H,18,19). The van der Waals surface area contributed by atoms with Crippen molar-refractivity contribution in [1.82, 2.24) is 5.43 Å². The number of hydrogen-bond acceptors (Lipinski definition) is 4. The normalized spacial score (nSPS) is 20.2. The van der Waals surface area contributed by atoms with Gasteiger partial charge < -0.3 is 9.29 Å². The van der Waals surface area contributed by atoms with Gasteiger partial charge in [-0.25, -0.2) is 5.43 Å². The first-order valence-corrected chi connectivity index (χ1v) is 8.54. The van der Waals surface area contributed by atoms with Crippen molar-refractivity contribution in [2.24, 2.45) is 11.0 Å². The van der Waals surface area contributed by atoms with E-state index in [0.717, 1.165) is 16.8 Å². The van der Waals surface area contributed by atoms with Gasteiger partial charge in [-0.05, 0) is 41.4 Å². The van der Waals surface area contributed by atoms with E-state index >= 15 is 0 Å². The predicted octanol–water partition coefficient (Wildman–Crippen LogP) is 2.35. The molecule has 2 rings (SSSR count). The lowest BCUT2D eigenvalue weighted by Crippen LogP contribution is -2.30. The second kappa shape index (κ2) is 6.98. The van der Waals surface area contributed by atoms with Gasteiger partial charge in [-0.15, -0.1) is 0 Å². The lowest BCUT2D eigenvalue weighted by Gasteiger charge is -2.17. The summed E-state index contributed by atoms with van der Waals surface area (Å²) in [5.74, 6) is 0.644. The maximum absolute atomic E-state index is 11.8. The molecule has 6 heteroatoms. The molecule has 0 saturated carbocycles. The van der Waals surface area contributed by atoms with Gasteiger partial charge in [0.2, 0.25) is 5.91 Å². The van der Waals surface area contributed by atoms with Crippen molar-refractivity contribution in [3.63, 3.8) is 0 Å². The average Bonchev–Trinajstić information content (AvgIpc) is 2.49. The molecule has 1 aliphatic rings. The van der Waals surface area contributed by atoms with E-state index in [4.69, 9.17) is 4.74 Å². The molecule has 1 amide bonds. The number of amides is 1. The molecule has 2 atom stereocenters.